The van der Waals surface area contributed by atoms with Gasteiger partial charge < -0.3 is 4.90 Å². The van der Waals surface area contributed by atoms with E-state index in [0.717, 1.165) is 18.6 Å². The first kappa shape index (κ1) is 14.9. The standard InChI is InChI=1S/C13H17FN2O3S/c1-8-5-10(8)7-16(2)13(17)9-3-4-11(14)12(6-9)20(15,18)19/h3-4,6,8,10H,5,7H2,1-2H3,(H2,15,18,19). The Balaban J connectivity index is 2.22. The van der Waals surface area contributed by atoms with E-state index in [4.69, 9.17) is 5.14 Å². The molecule has 2 unspecified atom stereocenters. The van der Waals surface area contributed by atoms with E-state index < -0.39 is 20.7 Å². The predicted octanol–water partition coefficient (Wildman–Crippen LogP) is 1.20. The summed E-state index contributed by atoms with van der Waals surface area (Å²) in [5.41, 5.74) is 0.117. The third-order valence-corrected chi connectivity index (χ3v) is 4.54. The lowest BCUT2D eigenvalue weighted by atomic mass is 10.2. The SMILES string of the molecule is CC1CC1CN(C)C(=O)c1ccc(F)c(S(N)(=O)=O)c1. The fourth-order valence-electron chi connectivity index (χ4n) is 2.16. The van der Waals surface area contributed by atoms with E-state index in [9.17, 15) is 17.6 Å². The van der Waals surface area contributed by atoms with Crippen molar-refractivity contribution in [1.29, 1.82) is 0 Å². The minimum absolute atomic E-state index is 0.117. The minimum Gasteiger partial charge on any atom is -0.341 e. The third-order valence-electron chi connectivity index (χ3n) is 3.62. The lowest BCUT2D eigenvalue weighted by Crippen LogP contribution is -2.29. The fourth-order valence-corrected chi connectivity index (χ4v) is 2.79. The van der Waals surface area contributed by atoms with Gasteiger partial charge in [0.1, 0.15) is 10.7 Å². The molecule has 2 rings (SSSR count). The van der Waals surface area contributed by atoms with Gasteiger partial charge in [0, 0.05) is 19.2 Å². The number of rotatable bonds is 4. The minimum atomic E-state index is -4.18. The van der Waals surface area contributed by atoms with Crippen molar-refractivity contribution in [1.82, 2.24) is 4.90 Å². The van der Waals surface area contributed by atoms with Gasteiger partial charge in [-0.1, -0.05) is 6.92 Å². The van der Waals surface area contributed by atoms with E-state index in [0.29, 0.717) is 18.4 Å². The van der Waals surface area contributed by atoms with Crippen LogP contribution in [0.2, 0.25) is 0 Å². The molecule has 0 aromatic heterocycles. The van der Waals surface area contributed by atoms with Crippen LogP contribution in [0.3, 0.4) is 0 Å². The number of carbonyl (C=O) groups is 1. The van der Waals surface area contributed by atoms with Crippen LogP contribution in [0.1, 0.15) is 23.7 Å². The lowest BCUT2D eigenvalue weighted by molar-refractivity contribution is 0.0786. The Morgan fingerprint density at radius 3 is 2.60 bits per heavy atom. The number of primary sulfonamides is 1. The molecular weight excluding hydrogens is 283 g/mol. The molecule has 0 bridgehead atoms. The largest absolute Gasteiger partial charge is 0.341 e. The first-order valence-corrected chi connectivity index (χ1v) is 7.82. The molecule has 0 spiro atoms. The molecule has 5 nitrogen and oxygen atoms in total. The van der Waals surface area contributed by atoms with Crippen LogP contribution < -0.4 is 5.14 Å². The number of nitrogens with two attached hydrogens (primary N) is 1. The van der Waals surface area contributed by atoms with E-state index in [1.54, 1.807) is 7.05 Å². The second-order valence-corrected chi connectivity index (χ2v) is 6.88. The normalized spacial score (nSPS) is 21.6. The predicted molar refractivity (Wildman–Crippen MR) is 72.0 cm³/mol. The summed E-state index contributed by atoms with van der Waals surface area (Å²) in [6.07, 6.45) is 1.09. The zero-order valence-corrected chi connectivity index (χ0v) is 12.2. The highest BCUT2D eigenvalue weighted by Gasteiger charge is 2.34. The van der Waals surface area contributed by atoms with Crippen molar-refractivity contribution in [3.05, 3.63) is 29.6 Å². The van der Waals surface area contributed by atoms with E-state index in [1.165, 1.54) is 11.0 Å². The molecule has 0 radical (unpaired) electrons. The van der Waals surface area contributed by atoms with E-state index in [-0.39, 0.29) is 11.5 Å². The highest BCUT2D eigenvalue weighted by atomic mass is 32.2. The zero-order valence-electron chi connectivity index (χ0n) is 11.3. The average molecular weight is 300 g/mol. The molecule has 2 N–H and O–H groups in total. The maximum absolute atomic E-state index is 13.4. The van der Waals surface area contributed by atoms with Crippen LogP contribution in [0.15, 0.2) is 23.1 Å². The Kier molecular flexibility index (Phi) is 3.84. The fraction of sp³-hybridized carbons (Fsp3) is 0.462. The maximum atomic E-state index is 13.4. The summed E-state index contributed by atoms with van der Waals surface area (Å²) in [5, 5.41) is 4.92. The van der Waals surface area contributed by atoms with Crippen LogP contribution in [-0.2, 0) is 10.0 Å². The first-order valence-electron chi connectivity index (χ1n) is 6.28. The maximum Gasteiger partial charge on any atom is 0.253 e. The van der Waals surface area contributed by atoms with Gasteiger partial charge in [0.15, 0.2) is 0 Å². The summed E-state index contributed by atoms with van der Waals surface area (Å²) in [4.78, 5) is 13.0. The monoisotopic (exact) mass is 300 g/mol. The Morgan fingerprint density at radius 1 is 1.50 bits per heavy atom. The molecule has 0 aliphatic heterocycles. The van der Waals surface area contributed by atoms with Crippen molar-refractivity contribution >= 4 is 15.9 Å². The Bertz CT molecular complexity index is 645. The van der Waals surface area contributed by atoms with Gasteiger partial charge in [-0.05, 0) is 36.5 Å². The third kappa shape index (κ3) is 3.16. The average Bonchev–Trinajstić information content (AvgIpc) is 3.03. The van der Waals surface area contributed by atoms with Gasteiger partial charge in [-0.2, -0.15) is 0 Å². The molecule has 110 valence electrons. The van der Waals surface area contributed by atoms with Crippen LogP contribution in [0, 0.1) is 17.7 Å². The number of amides is 1. The highest BCUT2D eigenvalue weighted by Crippen LogP contribution is 2.38. The summed E-state index contributed by atoms with van der Waals surface area (Å²) in [7, 11) is -2.53. The molecule has 1 aliphatic rings. The number of carbonyl (C=O) groups excluding carboxylic acids is 1. The first-order chi connectivity index (χ1) is 9.20. The van der Waals surface area contributed by atoms with Gasteiger partial charge in [-0.15, -0.1) is 0 Å². The molecule has 1 fully saturated rings. The molecule has 0 saturated heterocycles. The van der Waals surface area contributed by atoms with Crippen LogP contribution in [-0.4, -0.2) is 32.8 Å². The molecule has 0 heterocycles. The van der Waals surface area contributed by atoms with Crippen molar-refractivity contribution in [3.63, 3.8) is 0 Å². The molecule has 1 aromatic carbocycles. The number of hydrogen-bond donors (Lipinski definition) is 1. The van der Waals surface area contributed by atoms with Crippen molar-refractivity contribution in [3.8, 4) is 0 Å². The van der Waals surface area contributed by atoms with Crippen LogP contribution in [0.4, 0.5) is 4.39 Å². The number of sulfonamides is 1. The second-order valence-electron chi connectivity index (χ2n) is 5.35. The van der Waals surface area contributed by atoms with Crippen LogP contribution >= 0.6 is 0 Å². The quantitative estimate of drug-likeness (QED) is 0.907. The lowest BCUT2D eigenvalue weighted by Gasteiger charge is -2.17. The summed E-state index contributed by atoms with van der Waals surface area (Å²) >= 11 is 0. The van der Waals surface area contributed by atoms with Crippen molar-refractivity contribution in [2.75, 3.05) is 13.6 Å². The molecule has 1 saturated carbocycles. The van der Waals surface area contributed by atoms with Gasteiger partial charge in [-0.3, -0.25) is 4.79 Å². The van der Waals surface area contributed by atoms with Crippen molar-refractivity contribution in [2.24, 2.45) is 17.0 Å². The van der Waals surface area contributed by atoms with E-state index in [2.05, 4.69) is 6.92 Å². The van der Waals surface area contributed by atoms with Gasteiger partial charge >= 0.3 is 0 Å². The Labute approximate surface area is 117 Å². The van der Waals surface area contributed by atoms with Gasteiger partial charge in [0.2, 0.25) is 10.0 Å². The van der Waals surface area contributed by atoms with Crippen molar-refractivity contribution < 1.29 is 17.6 Å². The molecule has 1 aromatic rings. The summed E-state index contributed by atoms with van der Waals surface area (Å²) in [5.74, 6) is -0.197. The van der Waals surface area contributed by atoms with E-state index >= 15 is 0 Å². The number of hydrogen-bond acceptors (Lipinski definition) is 3. The van der Waals surface area contributed by atoms with Crippen LogP contribution in [0.5, 0.6) is 0 Å². The summed E-state index contributed by atoms with van der Waals surface area (Å²) < 4.78 is 35.9. The number of halogens is 1. The molecule has 1 aliphatic carbocycles. The number of benzene rings is 1. The zero-order chi connectivity index (χ0) is 15.1. The second kappa shape index (κ2) is 5.14. The van der Waals surface area contributed by atoms with Crippen LogP contribution in [0.25, 0.3) is 0 Å². The topological polar surface area (TPSA) is 80.5 Å². The molecular formula is C13H17FN2O3S. The summed E-state index contributed by atoms with van der Waals surface area (Å²) in [6, 6.07) is 3.19. The molecule has 1 amide bonds. The highest BCUT2D eigenvalue weighted by molar-refractivity contribution is 7.89. The Morgan fingerprint density at radius 2 is 2.10 bits per heavy atom. The molecule has 20 heavy (non-hydrogen) atoms. The summed E-state index contributed by atoms with van der Waals surface area (Å²) in [6.45, 7) is 2.72. The van der Waals surface area contributed by atoms with Gasteiger partial charge in [0.05, 0.1) is 0 Å². The molecule has 7 heteroatoms. The smallest absolute Gasteiger partial charge is 0.253 e. The van der Waals surface area contributed by atoms with Gasteiger partial charge in [0.25, 0.3) is 5.91 Å². The van der Waals surface area contributed by atoms with E-state index in [1.807, 2.05) is 0 Å². The van der Waals surface area contributed by atoms with Gasteiger partial charge in [-0.25, -0.2) is 17.9 Å². The molecule has 2 atom stereocenters. The van der Waals surface area contributed by atoms with Crippen molar-refractivity contribution in [2.45, 2.75) is 18.2 Å². The Hall–Kier alpha value is -1.47. The number of nitrogens with zero attached hydrogens (tertiary/aromatic N) is 1.